The van der Waals surface area contributed by atoms with E-state index >= 15 is 26.3 Å². The van der Waals surface area contributed by atoms with Crippen LogP contribution >= 0.6 is 0 Å². The van der Waals surface area contributed by atoms with E-state index in [1.807, 2.05) is 180 Å². The topological polar surface area (TPSA) is 43.5 Å². The van der Waals surface area contributed by atoms with Crippen LogP contribution in [-0.2, 0) is 12.4 Å². The Balaban J connectivity index is 1.20. The van der Waals surface area contributed by atoms with Crippen LogP contribution in [0.5, 0.6) is 0 Å². The highest BCUT2D eigenvalue weighted by Crippen LogP contribution is 2.51. The van der Waals surface area contributed by atoms with Crippen LogP contribution in [0, 0.1) is 11.3 Å². The number of benzene rings is 10. The molecule has 0 radical (unpaired) electrons. The number of aromatic nitrogens is 4. The van der Waals surface area contributed by atoms with E-state index in [9.17, 15) is 5.26 Å². The highest BCUT2D eigenvalue weighted by molar-refractivity contribution is 6.28. The number of rotatable bonds is 5. The van der Waals surface area contributed by atoms with Crippen LogP contribution in [-0.4, -0.2) is 18.3 Å². The third-order valence-corrected chi connectivity index (χ3v) is 14.6. The molecule has 0 saturated carbocycles. The van der Waals surface area contributed by atoms with Crippen molar-refractivity contribution in [3.8, 4) is 39.9 Å². The van der Waals surface area contributed by atoms with Gasteiger partial charge in [-0.05, 0) is 84.9 Å². The number of fused-ring (bicyclic) bond motifs is 14. The molecule has 354 valence electrons. The minimum Gasteiger partial charge on any atom is -0.309 e. The van der Waals surface area contributed by atoms with Gasteiger partial charge in [0.1, 0.15) is 6.07 Å². The van der Waals surface area contributed by atoms with Crippen molar-refractivity contribution < 1.29 is 26.3 Å². The number of hydrogen-bond donors (Lipinski definition) is 0. The van der Waals surface area contributed by atoms with Crippen molar-refractivity contribution in [2.24, 2.45) is 0 Å². The zero-order valence-corrected chi connectivity index (χ0v) is 38.7. The van der Waals surface area contributed by atoms with Gasteiger partial charge in [-0.15, -0.1) is 0 Å². The van der Waals surface area contributed by atoms with Crippen LogP contribution in [0.2, 0.25) is 0 Å². The Morgan fingerprint density at radius 3 is 1.16 bits per heavy atom. The number of para-hydroxylation sites is 6. The van der Waals surface area contributed by atoms with Gasteiger partial charge in [-0.25, -0.2) is 0 Å². The van der Waals surface area contributed by atoms with Gasteiger partial charge < -0.3 is 18.3 Å². The van der Waals surface area contributed by atoms with Crippen LogP contribution in [0.1, 0.15) is 16.7 Å². The third-order valence-electron chi connectivity index (χ3n) is 14.6. The molecule has 0 aliphatic rings. The lowest BCUT2D eigenvalue weighted by atomic mass is 9.90. The van der Waals surface area contributed by atoms with E-state index in [1.165, 1.54) is 12.1 Å². The van der Waals surface area contributed by atoms with Crippen LogP contribution < -0.4 is 0 Å². The Morgan fingerprint density at radius 2 is 0.730 bits per heavy atom. The van der Waals surface area contributed by atoms with Crippen molar-refractivity contribution in [3.63, 3.8) is 0 Å². The van der Waals surface area contributed by atoms with Gasteiger partial charge in [-0.1, -0.05) is 127 Å². The molecule has 0 saturated heterocycles. The van der Waals surface area contributed by atoms with Crippen molar-refractivity contribution in [3.05, 3.63) is 229 Å². The molecular weight excluding hydrogens is 941 g/mol. The van der Waals surface area contributed by atoms with Gasteiger partial charge in [0.25, 0.3) is 0 Å². The van der Waals surface area contributed by atoms with E-state index in [0.717, 1.165) is 77.2 Å². The summed E-state index contributed by atoms with van der Waals surface area (Å²) in [5.41, 5.74) is 3.13. The molecule has 0 fully saturated rings. The summed E-state index contributed by atoms with van der Waals surface area (Å²) >= 11 is 0. The molecule has 0 amide bonds. The highest BCUT2D eigenvalue weighted by atomic mass is 19.4. The maximum absolute atomic E-state index is 15.8. The van der Waals surface area contributed by atoms with Crippen LogP contribution in [0.4, 0.5) is 26.3 Å². The van der Waals surface area contributed by atoms with Gasteiger partial charge >= 0.3 is 12.4 Å². The van der Waals surface area contributed by atoms with E-state index in [-0.39, 0.29) is 22.5 Å². The molecular formula is C63H35F6N5. The molecule has 5 nitrogen and oxygen atoms in total. The first-order valence-corrected chi connectivity index (χ1v) is 23.9. The van der Waals surface area contributed by atoms with Crippen molar-refractivity contribution in [2.75, 3.05) is 0 Å². The average Bonchev–Trinajstić information content (AvgIpc) is 4.20. The molecule has 11 heteroatoms. The first kappa shape index (κ1) is 43.3. The van der Waals surface area contributed by atoms with E-state index in [4.69, 9.17) is 0 Å². The number of nitriles is 1. The molecule has 0 unspecified atom stereocenters. The molecule has 14 aromatic rings. The molecule has 0 aliphatic carbocycles. The minimum atomic E-state index is -5.24. The van der Waals surface area contributed by atoms with E-state index in [2.05, 4.69) is 15.2 Å². The fourth-order valence-corrected chi connectivity index (χ4v) is 11.8. The number of nitrogens with zero attached hydrogens (tertiary/aromatic N) is 5. The molecule has 0 N–H and O–H groups in total. The molecule has 4 heterocycles. The van der Waals surface area contributed by atoms with Crippen molar-refractivity contribution in [1.82, 2.24) is 18.3 Å². The van der Waals surface area contributed by atoms with Crippen molar-refractivity contribution >= 4 is 87.2 Å². The second-order valence-electron chi connectivity index (χ2n) is 18.5. The van der Waals surface area contributed by atoms with Gasteiger partial charge in [0.15, 0.2) is 0 Å². The molecule has 0 spiro atoms. The van der Waals surface area contributed by atoms with Gasteiger partial charge in [0, 0.05) is 65.6 Å². The standard InChI is InChI=1S/C63H35F6N5/c64-62(65,66)47-24-15-25-48(63(67,68)69)57(47)46-35-55(73-49-26-11-7-20-40(49)42-30-32-53-58(60(42)73)44-22-9-13-28-51(44)71(53)38-16-3-1-4-17-38)37(36-70)34-56(46)74-50-27-12-8-21-41(50)43-31-33-54-59(61(43)74)45-23-10-14-29-52(45)72(54)39-18-5-2-6-19-39/h1-35H. The highest BCUT2D eigenvalue weighted by Gasteiger charge is 2.42. The van der Waals surface area contributed by atoms with Gasteiger partial charge in [-0.3, -0.25) is 0 Å². The fraction of sp³-hybridized carbons (Fsp3) is 0.0317. The Bertz CT molecular complexity index is 4670. The number of hydrogen-bond acceptors (Lipinski definition) is 1. The third kappa shape index (κ3) is 6.12. The predicted octanol–water partition coefficient (Wildman–Crippen LogP) is 17.7. The first-order valence-electron chi connectivity index (χ1n) is 23.9. The van der Waals surface area contributed by atoms with Crippen molar-refractivity contribution in [1.29, 1.82) is 5.26 Å². The Morgan fingerprint density at radius 1 is 0.338 bits per heavy atom. The zero-order valence-electron chi connectivity index (χ0n) is 38.7. The second-order valence-corrected chi connectivity index (χ2v) is 18.5. The summed E-state index contributed by atoms with van der Waals surface area (Å²) in [6.45, 7) is 0. The molecule has 0 atom stereocenters. The Labute approximate surface area is 416 Å². The van der Waals surface area contributed by atoms with E-state index < -0.39 is 29.0 Å². The Kier molecular flexibility index (Phi) is 9.20. The zero-order chi connectivity index (χ0) is 50.2. The summed E-state index contributed by atoms with van der Waals surface area (Å²) in [6.07, 6.45) is -10.5. The normalized spacial score (nSPS) is 12.4. The summed E-state index contributed by atoms with van der Waals surface area (Å²) in [5, 5.41) is 17.8. The summed E-state index contributed by atoms with van der Waals surface area (Å²) < 4.78 is 103. The smallest absolute Gasteiger partial charge is 0.309 e. The largest absolute Gasteiger partial charge is 0.417 e. The number of halogens is 6. The van der Waals surface area contributed by atoms with Crippen LogP contribution in [0.3, 0.4) is 0 Å². The van der Waals surface area contributed by atoms with Gasteiger partial charge in [0.05, 0.1) is 72.2 Å². The molecule has 10 aromatic carbocycles. The molecule has 0 aliphatic heterocycles. The summed E-state index contributed by atoms with van der Waals surface area (Å²) in [4.78, 5) is 0. The molecule has 14 rings (SSSR count). The lowest BCUT2D eigenvalue weighted by Gasteiger charge is -2.24. The Hall–Kier alpha value is -9.53. The average molecular weight is 976 g/mol. The molecule has 4 aromatic heterocycles. The van der Waals surface area contributed by atoms with Crippen LogP contribution in [0.15, 0.2) is 212 Å². The fourth-order valence-electron chi connectivity index (χ4n) is 11.8. The van der Waals surface area contributed by atoms with Crippen molar-refractivity contribution in [2.45, 2.75) is 12.4 Å². The SMILES string of the molecule is N#Cc1cc(-n2c3ccccc3c3ccc4c(c5ccccc5n4-c4ccccc4)c32)c(-c2c(C(F)(F)F)cccc2C(F)(F)F)cc1-n1c2ccccc2c2ccc3c(c4ccccc4n3-c3ccccc3)c21. The van der Waals surface area contributed by atoms with E-state index in [1.54, 1.807) is 10.6 Å². The van der Waals surface area contributed by atoms with Gasteiger partial charge in [-0.2, -0.15) is 31.6 Å². The lowest BCUT2D eigenvalue weighted by molar-refractivity contribution is -0.142. The summed E-state index contributed by atoms with van der Waals surface area (Å²) in [6, 6.07) is 65.6. The molecule has 74 heavy (non-hydrogen) atoms. The maximum atomic E-state index is 15.8. The van der Waals surface area contributed by atoms with E-state index in [0.29, 0.717) is 39.6 Å². The lowest BCUT2D eigenvalue weighted by Crippen LogP contribution is -2.15. The maximum Gasteiger partial charge on any atom is 0.417 e. The summed E-state index contributed by atoms with van der Waals surface area (Å²) in [7, 11) is 0. The minimum absolute atomic E-state index is 0.0260. The molecule has 0 bridgehead atoms. The quantitative estimate of drug-likeness (QED) is 0.159. The summed E-state index contributed by atoms with van der Waals surface area (Å²) in [5.74, 6) is 0. The first-order chi connectivity index (χ1) is 36.0. The monoisotopic (exact) mass is 975 g/mol. The van der Waals surface area contributed by atoms with Gasteiger partial charge in [0.2, 0.25) is 0 Å². The number of alkyl halides is 6. The second kappa shape index (κ2) is 15.7. The predicted molar refractivity (Wildman–Crippen MR) is 284 cm³/mol. The van der Waals surface area contributed by atoms with Crippen LogP contribution in [0.25, 0.3) is 121 Å².